The first kappa shape index (κ1) is 14.2. The Morgan fingerprint density at radius 1 is 1.16 bits per heavy atom. The monoisotopic (exact) mass is 265 g/mol. The van der Waals surface area contributed by atoms with Gasteiger partial charge in [-0.2, -0.15) is 0 Å². The van der Waals surface area contributed by atoms with E-state index in [9.17, 15) is 5.11 Å². The Labute approximate surface area is 114 Å². The van der Waals surface area contributed by atoms with Crippen molar-refractivity contribution in [2.75, 3.05) is 27.8 Å². The van der Waals surface area contributed by atoms with Crippen molar-refractivity contribution in [1.29, 1.82) is 0 Å². The smallest absolute Gasteiger partial charge is 0.122 e. The SMILES string of the molecule is COc1cc(CCN(C)C2CC(O)C2)cc(OC)c1. The van der Waals surface area contributed by atoms with Crippen molar-refractivity contribution in [2.45, 2.75) is 31.4 Å². The number of aliphatic hydroxyl groups excluding tert-OH is 1. The summed E-state index contributed by atoms with van der Waals surface area (Å²) in [6, 6.07) is 6.51. The number of hydrogen-bond donors (Lipinski definition) is 1. The van der Waals surface area contributed by atoms with Gasteiger partial charge in [-0.3, -0.25) is 0 Å². The summed E-state index contributed by atoms with van der Waals surface area (Å²) in [5.74, 6) is 1.66. The van der Waals surface area contributed by atoms with Crippen molar-refractivity contribution in [1.82, 2.24) is 4.90 Å². The lowest BCUT2D eigenvalue weighted by molar-refractivity contribution is 0.0128. The van der Waals surface area contributed by atoms with Gasteiger partial charge in [0, 0.05) is 18.7 Å². The number of methoxy groups -OCH3 is 2. The number of likely N-dealkylation sites (N-methyl/N-ethyl adjacent to an activating group) is 1. The first-order valence-corrected chi connectivity index (χ1v) is 6.72. The summed E-state index contributed by atoms with van der Waals surface area (Å²) in [7, 11) is 5.45. The highest BCUT2D eigenvalue weighted by Gasteiger charge is 2.29. The predicted octanol–water partition coefficient (Wildman–Crippen LogP) is 1.70. The summed E-state index contributed by atoms with van der Waals surface area (Å²) in [6.07, 6.45) is 2.66. The third-order valence-electron chi connectivity index (χ3n) is 3.88. The maximum atomic E-state index is 9.33. The zero-order chi connectivity index (χ0) is 13.8. The number of hydrogen-bond acceptors (Lipinski definition) is 4. The highest BCUT2D eigenvalue weighted by atomic mass is 16.5. The molecular weight excluding hydrogens is 242 g/mol. The van der Waals surface area contributed by atoms with Crippen LogP contribution in [0.5, 0.6) is 11.5 Å². The van der Waals surface area contributed by atoms with Crippen molar-refractivity contribution in [3.05, 3.63) is 23.8 Å². The normalized spacial score (nSPS) is 22.2. The number of ether oxygens (including phenoxy) is 2. The third-order valence-corrected chi connectivity index (χ3v) is 3.88. The molecule has 1 aromatic carbocycles. The number of nitrogens with zero attached hydrogens (tertiary/aromatic N) is 1. The average Bonchev–Trinajstić information content (AvgIpc) is 2.40. The molecule has 2 rings (SSSR count). The van der Waals surface area contributed by atoms with Gasteiger partial charge in [-0.05, 0) is 44.0 Å². The maximum absolute atomic E-state index is 9.33. The summed E-state index contributed by atoms with van der Waals surface area (Å²) in [5, 5.41) is 9.33. The van der Waals surface area contributed by atoms with Gasteiger partial charge in [0.1, 0.15) is 11.5 Å². The molecule has 0 spiro atoms. The van der Waals surface area contributed by atoms with Crippen LogP contribution in [0, 0.1) is 0 Å². The fraction of sp³-hybridized carbons (Fsp3) is 0.600. The van der Waals surface area contributed by atoms with E-state index in [0.29, 0.717) is 6.04 Å². The molecule has 1 saturated carbocycles. The van der Waals surface area contributed by atoms with Gasteiger partial charge in [0.25, 0.3) is 0 Å². The second-order valence-electron chi connectivity index (χ2n) is 5.23. The van der Waals surface area contributed by atoms with E-state index in [4.69, 9.17) is 9.47 Å². The summed E-state index contributed by atoms with van der Waals surface area (Å²) < 4.78 is 10.5. The Bertz CT molecular complexity index is 394. The van der Waals surface area contributed by atoms with E-state index >= 15 is 0 Å². The Morgan fingerprint density at radius 2 is 1.74 bits per heavy atom. The van der Waals surface area contributed by atoms with E-state index in [1.165, 1.54) is 5.56 Å². The Balaban J connectivity index is 1.91. The first-order chi connectivity index (χ1) is 9.12. The van der Waals surface area contributed by atoms with E-state index in [-0.39, 0.29) is 6.10 Å². The molecule has 0 saturated heterocycles. The zero-order valence-electron chi connectivity index (χ0n) is 11.9. The second-order valence-corrected chi connectivity index (χ2v) is 5.23. The third kappa shape index (κ3) is 3.61. The van der Waals surface area contributed by atoms with Gasteiger partial charge in [-0.25, -0.2) is 0 Å². The van der Waals surface area contributed by atoms with Crippen LogP contribution in [0.2, 0.25) is 0 Å². The quantitative estimate of drug-likeness (QED) is 0.850. The van der Waals surface area contributed by atoms with E-state index in [0.717, 1.165) is 37.3 Å². The van der Waals surface area contributed by atoms with Gasteiger partial charge in [-0.15, -0.1) is 0 Å². The molecule has 0 radical (unpaired) electrons. The Morgan fingerprint density at radius 3 is 2.21 bits per heavy atom. The Hall–Kier alpha value is -1.26. The number of aliphatic hydroxyl groups is 1. The van der Waals surface area contributed by atoms with Gasteiger partial charge in [0.15, 0.2) is 0 Å². The van der Waals surface area contributed by atoms with Crippen molar-refractivity contribution in [3.8, 4) is 11.5 Å². The lowest BCUT2D eigenvalue weighted by Crippen LogP contribution is -2.45. The minimum Gasteiger partial charge on any atom is -0.497 e. The van der Waals surface area contributed by atoms with E-state index in [1.807, 2.05) is 18.2 Å². The van der Waals surface area contributed by atoms with Crippen LogP contribution in [0.3, 0.4) is 0 Å². The molecule has 0 unspecified atom stereocenters. The molecule has 1 N–H and O–H groups in total. The predicted molar refractivity (Wildman–Crippen MR) is 74.9 cm³/mol. The summed E-state index contributed by atoms with van der Waals surface area (Å²) in [6.45, 7) is 0.980. The van der Waals surface area contributed by atoms with Crippen molar-refractivity contribution in [3.63, 3.8) is 0 Å². The highest BCUT2D eigenvalue weighted by Crippen LogP contribution is 2.26. The van der Waals surface area contributed by atoms with Crippen LogP contribution >= 0.6 is 0 Å². The topological polar surface area (TPSA) is 41.9 Å². The van der Waals surface area contributed by atoms with Crippen molar-refractivity contribution < 1.29 is 14.6 Å². The number of benzene rings is 1. The molecular formula is C15H23NO3. The van der Waals surface area contributed by atoms with Crippen LogP contribution in [-0.4, -0.2) is 50.0 Å². The molecule has 106 valence electrons. The summed E-state index contributed by atoms with van der Waals surface area (Å²) in [4.78, 5) is 2.32. The van der Waals surface area contributed by atoms with Gasteiger partial charge in [0.05, 0.1) is 20.3 Å². The fourth-order valence-corrected chi connectivity index (χ4v) is 2.42. The fourth-order valence-electron chi connectivity index (χ4n) is 2.42. The van der Waals surface area contributed by atoms with Gasteiger partial charge in [0.2, 0.25) is 0 Å². The van der Waals surface area contributed by atoms with Crippen LogP contribution in [0.4, 0.5) is 0 Å². The van der Waals surface area contributed by atoms with Gasteiger partial charge in [-0.1, -0.05) is 0 Å². The second kappa shape index (κ2) is 6.26. The molecule has 19 heavy (non-hydrogen) atoms. The highest BCUT2D eigenvalue weighted by molar-refractivity contribution is 5.38. The lowest BCUT2D eigenvalue weighted by atomic mass is 9.88. The van der Waals surface area contributed by atoms with Crippen LogP contribution in [0.25, 0.3) is 0 Å². The van der Waals surface area contributed by atoms with Crippen molar-refractivity contribution in [2.24, 2.45) is 0 Å². The lowest BCUT2D eigenvalue weighted by Gasteiger charge is -2.38. The minimum atomic E-state index is -0.0932. The molecule has 1 aliphatic carbocycles. The van der Waals surface area contributed by atoms with Crippen LogP contribution < -0.4 is 9.47 Å². The van der Waals surface area contributed by atoms with Crippen LogP contribution in [0.1, 0.15) is 18.4 Å². The van der Waals surface area contributed by atoms with Gasteiger partial charge >= 0.3 is 0 Å². The number of rotatable bonds is 6. The molecule has 1 aliphatic rings. The summed E-state index contributed by atoms with van der Waals surface area (Å²) in [5.41, 5.74) is 1.21. The van der Waals surface area contributed by atoms with Gasteiger partial charge < -0.3 is 19.5 Å². The molecule has 0 aromatic heterocycles. The molecule has 0 bridgehead atoms. The molecule has 0 atom stereocenters. The molecule has 0 heterocycles. The maximum Gasteiger partial charge on any atom is 0.122 e. The molecule has 0 aliphatic heterocycles. The molecule has 0 amide bonds. The van der Waals surface area contributed by atoms with E-state index in [2.05, 4.69) is 11.9 Å². The zero-order valence-corrected chi connectivity index (χ0v) is 11.9. The molecule has 1 fully saturated rings. The molecule has 4 heteroatoms. The van der Waals surface area contributed by atoms with Crippen molar-refractivity contribution >= 4 is 0 Å². The molecule has 1 aromatic rings. The average molecular weight is 265 g/mol. The molecule has 4 nitrogen and oxygen atoms in total. The first-order valence-electron chi connectivity index (χ1n) is 6.72. The summed E-state index contributed by atoms with van der Waals surface area (Å²) >= 11 is 0. The van der Waals surface area contributed by atoms with E-state index in [1.54, 1.807) is 14.2 Å². The van der Waals surface area contributed by atoms with E-state index < -0.39 is 0 Å². The largest absolute Gasteiger partial charge is 0.497 e. The van der Waals surface area contributed by atoms with Crippen LogP contribution in [-0.2, 0) is 6.42 Å². The Kier molecular flexibility index (Phi) is 4.66. The minimum absolute atomic E-state index is 0.0932. The van der Waals surface area contributed by atoms with Crippen LogP contribution in [0.15, 0.2) is 18.2 Å². The standard InChI is InChI=1S/C15H23NO3/c1-16(12-8-13(17)9-12)5-4-11-6-14(18-2)10-15(7-11)19-3/h6-7,10,12-13,17H,4-5,8-9H2,1-3H3.